The second-order valence-corrected chi connectivity index (χ2v) is 7.69. The van der Waals surface area contributed by atoms with Crippen LogP contribution in [0.5, 0.6) is 0 Å². The summed E-state index contributed by atoms with van der Waals surface area (Å²) in [7, 11) is 0. The molecule has 1 fully saturated rings. The molecule has 0 bridgehead atoms. The van der Waals surface area contributed by atoms with Gasteiger partial charge < -0.3 is 14.0 Å². The van der Waals surface area contributed by atoms with E-state index in [9.17, 15) is 0 Å². The lowest BCUT2D eigenvalue weighted by molar-refractivity contribution is 0.459. The van der Waals surface area contributed by atoms with Gasteiger partial charge in [0.1, 0.15) is 5.82 Å². The minimum Gasteiger partial charge on any atom is -0.341 e. The van der Waals surface area contributed by atoms with Crippen LogP contribution in [0.1, 0.15) is 62.7 Å². The fourth-order valence-electron chi connectivity index (χ4n) is 3.79. The van der Waals surface area contributed by atoms with Crippen molar-refractivity contribution in [3.8, 4) is 0 Å². The summed E-state index contributed by atoms with van der Waals surface area (Å²) in [6, 6.07) is 0. The molecule has 28 heavy (non-hydrogen) atoms. The number of hydrogen-bond donors (Lipinski definition) is 0. The second-order valence-electron chi connectivity index (χ2n) is 7.69. The zero-order valence-corrected chi connectivity index (χ0v) is 16.9. The highest BCUT2D eigenvalue weighted by Crippen LogP contribution is 2.29. The Morgan fingerprint density at radius 1 is 1.11 bits per heavy atom. The molecule has 148 valence electrons. The molecule has 3 aromatic rings. The Kier molecular flexibility index (Phi) is 5.36. The van der Waals surface area contributed by atoms with Gasteiger partial charge in [-0.3, -0.25) is 0 Å². The first-order valence-electron chi connectivity index (χ1n) is 10.1. The molecule has 0 unspecified atom stereocenters. The molecule has 0 aromatic carbocycles. The molecule has 0 radical (unpaired) electrons. The van der Waals surface area contributed by atoms with E-state index >= 15 is 0 Å². The Bertz CT molecular complexity index is 874. The Hall–Kier alpha value is -2.77. The van der Waals surface area contributed by atoms with Gasteiger partial charge >= 0.3 is 0 Å². The molecule has 0 aliphatic carbocycles. The topological polar surface area (TPSA) is 77.5 Å². The van der Waals surface area contributed by atoms with Crippen molar-refractivity contribution in [2.75, 3.05) is 18.0 Å². The number of imidazole rings is 1. The van der Waals surface area contributed by atoms with Crippen LogP contribution >= 0.6 is 0 Å². The van der Waals surface area contributed by atoms with Crippen LogP contribution in [-0.2, 0) is 13.1 Å². The third-order valence-corrected chi connectivity index (χ3v) is 5.52. The molecule has 4 heterocycles. The van der Waals surface area contributed by atoms with Crippen LogP contribution in [0.4, 0.5) is 5.95 Å². The summed E-state index contributed by atoms with van der Waals surface area (Å²) < 4.78 is 4.29. The van der Waals surface area contributed by atoms with Gasteiger partial charge in [-0.25, -0.2) is 15.0 Å². The average molecular weight is 381 g/mol. The number of rotatable bonds is 6. The first kappa shape index (κ1) is 18.6. The number of piperidine rings is 1. The summed E-state index contributed by atoms with van der Waals surface area (Å²) in [4.78, 5) is 15.5. The third kappa shape index (κ3) is 3.76. The van der Waals surface area contributed by atoms with E-state index in [0.717, 1.165) is 50.1 Å². The van der Waals surface area contributed by atoms with Gasteiger partial charge in [-0.2, -0.15) is 0 Å². The summed E-state index contributed by atoms with van der Waals surface area (Å²) in [5.41, 5.74) is 1.18. The fourth-order valence-corrected chi connectivity index (χ4v) is 3.79. The monoisotopic (exact) mass is 380 g/mol. The van der Waals surface area contributed by atoms with Gasteiger partial charge in [0.25, 0.3) is 0 Å². The Labute approximate surface area is 165 Å². The maximum absolute atomic E-state index is 4.57. The van der Waals surface area contributed by atoms with E-state index in [-0.39, 0.29) is 0 Å². The predicted octanol–water partition coefficient (Wildman–Crippen LogP) is 2.84. The highest BCUT2D eigenvalue weighted by Gasteiger charge is 2.27. The number of hydrogen-bond acceptors (Lipinski definition) is 6. The van der Waals surface area contributed by atoms with Crippen LogP contribution in [0.3, 0.4) is 0 Å². The van der Waals surface area contributed by atoms with Crippen molar-refractivity contribution in [2.24, 2.45) is 0 Å². The quantitative estimate of drug-likeness (QED) is 0.654. The summed E-state index contributed by atoms with van der Waals surface area (Å²) in [5.74, 6) is 3.81. The van der Waals surface area contributed by atoms with Crippen molar-refractivity contribution in [1.29, 1.82) is 0 Å². The molecular weight excluding hydrogens is 352 g/mol. The smallest absolute Gasteiger partial charge is 0.225 e. The number of aromatic nitrogens is 7. The Balaban J connectivity index is 1.43. The van der Waals surface area contributed by atoms with Gasteiger partial charge in [-0.15, -0.1) is 10.2 Å². The minimum atomic E-state index is 0.426. The minimum absolute atomic E-state index is 0.426. The average Bonchev–Trinajstić information content (AvgIpc) is 3.38. The molecular formula is C20H28N8. The van der Waals surface area contributed by atoms with Gasteiger partial charge in [0.2, 0.25) is 5.95 Å². The first-order valence-corrected chi connectivity index (χ1v) is 10.1. The van der Waals surface area contributed by atoms with E-state index in [2.05, 4.69) is 55.4 Å². The van der Waals surface area contributed by atoms with Crippen molar-refractivity contribution in [2.45, 2.75) is 58.5 Å². The SMILES string of the molecule is CCn1c(Cn2ccnc2)nnc1C1CCN(c2ncc(C(C)C)cn2)CC1. The molecule has 8 nitrogen and oxygen atoms in total. The Morgan fingerprint density at radius 3 is 2.46 bits per heavy atom. The van der Waals surface area contributed by atoms with Crippen molar-refractivity contribution in [3.05, 3.63) is 48.3 Å². The van der Waals surface area contributed by atoms with Crippen molar-refractivity contribution >= 4 is 5.95 Å². The van der Waals surface area contributed by atoms with E-state index in [1.807, 2.05) is 29.5 Å². The van der Waals surface area contributed by atoms with Gasteiger partial charge in [-0.1, -0.05) is 13.8 Å². The van der Waals surface area contributed by atoms with Crippen molar-refractivity contribution < 1.29 is 0 Å². The van der Waals surface area contributed by atoms with Crippen molar-refractivity contribution in [3.63, 3.8) is 0 Å². The summed E-state index contributed by atoms with van der Waals surface area (Å²) in [6.07, 6.45) is 11.6. The van der Waals surface area contributed by atoms with Crippen LogP contribution < -0.4 is 4.90 Å². The van der Waals surface area contributed by atoms with Gasteiger partial charge in [-0.05, 0) is 31.2 Å². The number of nitrogens with zero attached hydrogens (tertiary/aromatic N) is 8. The first-order chi connectivity index (χ1) is 13.7. The van der Waals surface area contributed by atoms with Gasteiger partial charge in [0.05, 0.1) is 12.9 Å². The maximum atomic E-state index is 4.57. The molecule has 0 amide bonds. The third-order valence-electron chi connectivity index (χ3n) is 5.52. The molecule has 1 aliphatic heterocycles. The standard InChI is InChI=1S/C20H28N8/c1-4-28-18(13-26-10-7-21-14-26)24-25-19(28)16-5-8-27(9-6-16)20-22-11-17(12-23-20)15(2)3/h7,10-12,14-16H,4-6,8-9,13H2,1-3H3. The van der Waals surface area contributed by atoms with Crippen molar-refractivity contribution in [1.82, 2.24) is 34.3 Å². The lowest BCUT2D eigenvalue weighted by atomic mass is 9.96. The van der Waals surface area contributed by atoms with E-state index in [0.29, 0.717) is 18.4 Å². The van der Waals surface area contributed by atoms with Crippen LogP contribution in [0.25, 0.3) is 0 Å². The van der Waals surface area contributed by atoms with E-state index in [1.54, 1.807) is 6.20 Å². The highest BCUT2D eigenvalue weighted by atomic mass is 15.3. The molecule has 0 N–H and O–H groups in total. The highest BCUT2D eigenvalue weighted by molar-refractivity contribution is 5.31. The molecule has 1 saturated heterocycles. The van der Waals surface area contributed by atoms with E-state index in [1.165, 1.54) is 5.56 Å². The van der Waals surface area contributed by atoms with Gasteiger partial charge in [0, 0.05) is 50.3 Å². The van der Waals surface area contributed by atoms with Crippen LogP contribution in [0, 0.1) is 0 Å². The summed E-state index contributed by atoms with van der Waals surface area (Å²) in [5, 5.41) is 9.02. The molecule has 3 aromatic heterocycles. The Morgan fingerprint density at radius 2 is 1.86 bits per heavy atom. The van der Waals surface area contributed by atoms with Gasteiger partial charge in [0.15, 0.2) is 5.82 Å². The molecule has 8 heteroatoms. The summed E-state index contributed by atoms with van der Waals surface area (Å²) >= 11 is 0. The van der Waals surface area contributed by atoms with E-state index in [4.69, 9.17) is 0 Å². The fraction of sp³-hybridized carbons (Fsp3) is 0.550. The largest absolute Gasteiger partial charge is 0.341 e. The zero-order valence-electron chi connectivity index (χ0n) is 16.9. The zero-order chi connectivity index (χ0) is 19.5. The molecule has 4 rings (SSSR count). The molecule has 0 atom stereocenters. The van der Waals surface area contributed by atoms with Crippen LogP contribution in [0.15, 0.2) is 31.1 Å². The molecule has 1 aliphatic rings. The molecule has 0 spiro atoms. The molecule has 0 saturated carbocycles. The number of anilines is 1. The lowest BCUT2D eigenvalue weighted by Gasteiger charge is -2.31. The normalized spacial score (nSPS) is 15.5. The van der Waals surface area contributed by atoms with E-state index < -0.39 is 0 Å². The lowest BCUT2D eigenvalue weighted by Crippen LogP contribution is -2.35. The van der Waals surface area contributed by atoms with Crippen LogP contribution in [0.2, 0.25) is 0 Å². The predicted molar refractivity (Wildman–Crippen MR) is 107 cm³/mol. The second kappa shape index (κ2) is 8.08. The van der Waals surface area contributed by atoms with Crippen LogP contribution in [-0.4, -0.2) is 47.4 Å². The maximum Gasteiger partial charge on any atom is 0.225 e. The summed E-state index contributed by atoms with van der Waals surface area (Å²) in [6.45, 7) is 9.95.